The summed E-state index contributed by atoms with van der Waals surface area (Å²) < 4.78 is 20.3. The van der Waals surface area contributed by atoms with Crippen molar-refractivity contribution in [2.75, 3.05) is 28.4 Å². The largest absolute Gasteiger partial charge is 0.496 e. The Morgan fingerprint density at radius 3 is 2.28 bits per heavy atom. The minimum Gasteiger partial charge on any atom is -0.496 e. The monoisotopic (exact) mass is 344 g/mol. The third-order valence-corrected chi connectivity index (χ3v) is 3.77. The van der Waals surface area contributed by atoms with E-state index in [1.165, 1.54) is 14.2 Å². The molecule has 0 saturated carbocycles. The Kier molecular flexibility index (Phi) is 6.00. The van der Waals surface area contributed by atoms with Gasteiger partial charge in [0.05, 0.1) is 34.9 Å². The first-order valence-electron chi connectivity index (χ1n) is 7.55. The van der Waals surface area contributed by atoms with Gasteiger partial charge in [0.15, 0.2) is 0 Å². The fraction of sp³-hybridized carbons (Fsp3) is 0.263. The van der Waals surface area contributed by atoms with Gasteiger partial charge in [0.25, 0.3) is 0 Å². The summed E-state index contributed by atoms with van der Waals surface area (Å²) in [4.78, 5) is 23.5. The lowest BCUT2D eigenvalue weighted by Gasteiger charge is -2.13. The van der Waals surface area contributed by atoms with Gasteiger partial charge >= 0.3 is 11.9 Å². The maximum Gasteiger partial charge on any atom is 0.334 e. The van der Waals surface area contributed by atoms with Gasteiger partial charge in [0.1, 0.15) is 11.5 Å². The van der Waals surface area contributed by atoms with Gasteiger partial charge in [-0.25, -0.2) is 4.79 Å². The zero-order valence-electron chi connectivity index (χ0n) is 14.6. The van der Waals surface area contributed by atoms with E-state index >= 15 is 0 Å². The summed E-state index contributed by atoms with van der Waals surface area (Å²) in [6.07, 6.45) is 1.38. The molecule has 0 bridgehead atoms. The normalized spacial score (nSPS) is 11.1. The molecule has 0 aromatic heterocycles. The Morgan fingerprint density at radius 1 is 0.920 bits per heavy atom. The predicted molar refractivity (Wildman–Crippen MR) is 93.7 cm³/mol. The van der Waals surface area contributed by atoms with E-state index in [9.17, 15) is 9.59 Å². The topological polar surface area (TPSA) is 71.1 Å². The first-order valence-corrected chi connectivity index (χ1v) is 7.55. The van der Waals surface area contributed by atoms with Crippen LogP contribution in [0.3, 0.4) is 0 Å². The van der Waals surface area contributed by atoms with Crippen LogP contribution in [0, 0.1) is 0 Å². The van der Waals surface area contributed by atoms with Crippen molar-refractivity contribution in [1.29, 1.82) is 0 Å². The van der Waals surface area contributed by atoms with E-state index in [1.54, 1.807) is 26.4 Å². The van der Waals surface area contributed by atoms with Crippen molar-refractivity contribution in [2.24, 2.45) is 0 Å². The number of carbonyl (C=O) groups excluding carboxylic acids is 2. The van der Waals surface area contributed by atoms with Crippen LogP contribution in [0.1, 0.15) is 12.0 Å². The summed E-state index contributed by atoms with van der Waals surface area (Å²) in [5.74, 6) is 0.160. The van der Waals surface area contributed by atoms with Crippen molar-refractivity contribution in [3.05, 3.63) is 41.5 Å². The van der Waals surface area contributed by atoms with Gasteiger partial charge in [0, 0.05) is 21.9 Å². The lowest BCUT2D eigenvalue weighted by atomic mass is 10.0. The molecular weight excluding hydrogens is 324 g/mol. The molecule has 6 nitrogen and oxygen atoms in total. The summed E-state index contributed by atoms with van der Waals surface area (Å²) in [5, 5.41) is 1.71. The Hall–Kier alpha value is -3.02. The Bertz CT molecular complexity index is 822. The second kappa shape index (κ2) is 8.19. The molecular formula is C19H20O6. The van der Waals surface area contributed by atoms with Crippen LogP contribution in [-0.2, 0) is 19.1 Å². The average molecular weight is 344 g/mol. The molecule has 0 aliphatic rings. The van der Waals surface area contributed by atoms with Gasteiger partial charge in [-0.05, 0) is 18.2 Å². The van der Waals surface area contributed by atoms with Gasteiger partial charge in [0.2, 0.25) is 0 Å². The quantitative estimate of drug-likeness (QED) is 0.593. The van der Waals surface area contributed by atoms with Crippen molar-refractivity contribution in [3.63, 3.8) is 0 Å². The first kappa shape index (κ1) is 18.3. The fourth-order valence-electron chi connectivity index (χ4n) is 2.57. The molecule has 0 radical (unpaired) electrons. The van der Waals surface area contributed by atoms with Gasteiger partial charge in [-0.15, -0.1) is 0 Å². The molecule has 0 heterocycles. The molecule has 0 N–H and O–H groups in total. The highest BCUT2D eigenvalue weighted by Crippen LogP contribution is 2.36. The van der Waals surface area contributed by atoms with Gasteiger partial charge in [-0.3, -0.25) is 4.79 Å². The van der Waals surface area contributed by atoms with Crippen LogP contribution in [0.2, 0.25) is 0 Å². The Labute approximate surface area is 145 Å². The molecule has 0 amide bonds. The minimum atomic E-state index is -0.599. The smallest absolute Gasteiger partial charge is 0.334 e. The molecule has 25 heavy (non-hydrogen) atoms. The van der Waals surface area contributed by atoms with E-state index in [0.29, 0.717) is 17.1 Å². The summed E-state index contributed by atoms with van der Waals surface area (Å²) in [6.45, 7) is 0. The van der Waals surface area contributed by atoms with Crippen LogP contribution in [-0.4, -0.2) is 40.4 Å². The number of hydrogen-bond donors (Lipinski definition) is 0. The van der Waals surface area contributed by atoms with Gasteiger partial charge < -0.3 is 18.9 Å². The molecule has 0 atom stereocenters. The molecule has 0 aliphatic carbocycles. The van der Waals surface area contributed by atoms with Gasteiger partial charge in [-0.1, -0.05) is 18.2 Å². The van der Waals surface area contributed by atoms with E-state index in [-0.39, 0.29) is 12.0 Å². The van der Waals surface area contributed by atoms with Crippen molar-refractivity contribution >= 4 is 28.8 Å². The summed E-state index contributed by atoms with van der Waals surface area (Å²) in [6, 6.07) is 9.27. The number of methoxy groups -OCH3 is 4. The number of esters is 2. The Morgan fingerprint density at radius 2 is 1.68 bits per heavy atom. The third-order valence-electron chi connectivity index (χ3n) is 3.77. The average Bonchev–Trinajstić information content (AvgIpc) is 2.65. The van der Waals surface area contributed by atoms with E-state index in [1.807, 2.05) is 24.3 Å². The second-order valence-electron chi connectivity index (χ2n) is 5.16. The molecule has 0 unspecified atom stereocenters. The van der Waals surface area contributed by atoms with Crippen LogP contribution in [0.15, 0.2) is 35.9 Å². The molecule has 6 heteroatoms. The van der Waals surface area contributed by atoms with Gasteiger partial charge in [-0.2, -0.15) is 0 Å². The van der Waals surface area contributed by atoms with Crippen LogP contribution in [0.5, 0.6) is 11.5 Å². The highest BCUT2D eigenvalue weighted by atomic mass is 16.5. The number of carbonyl (C=O) groups is 2. The number of ether oxygens (including phenoxy) is 4. The molecule has 2 aromatic rings. The summed E-state index contributed by atoms with van der Waals surface area (Å²) in [7, 11) is 5.67. The molecule has 0 saturated heterocycles. The second-order valence-corrected chi connectivity index (χ2v) is 5.16. The number of fused-ring (bicyclic) bond motifs is 1. The van der Waals surface area contributed by atoms with E-state index < -0.39 is 11.9 Å². The van der Waals surface area contributed by atoms with E-state index in [4.69, 9.17) is 14.2 Å². The zero-order chi connectivity index (χ0) is 18.4. The maximum atomic E-state index is 12.0. The summed E-state index contributed by atoms with van der Waals surface area (Å²) in [5.41, 5.74) is 0.822. The van der Waals surface area contributed by atoms with Crippen molar-refractivity contribution in [2.45, 2.75) is 6.42 Å². The molecule has 2 rings (SSSR count). The number of rotatable bonds is 6. The van der Waals surface area contributed by atoms with Crippen molar-refractivity contribution in [1.82, 2.24) is 0 Å². The van der Waals surface area contributed by atoms with E-state index in [0.717, 1.165) is 10.8 Å². The first-order chi connectivity index (χ1) is 12.0. The maximum absolute atomic E-state index is 12.0. The molecule has 2 aromatic carbocycles. The molecule has 0 spiro atoms. The zero-order valence-corrected chi connectivity index (χ0v) is 14.6. The lowest BCUT2D eigenvalue weighted by Crippen LogP contribution is -2.11. The molecule has 0 fully saturated rings. The molecule has 0 aliphatic heterocycles. The minimum absolute atomic E-state index is 0.176. The van der Waals surface area contributed by atoms with Crippen LogP contribution in [0.25, 0.3) is 16.8 Å². The van der Waals surface area contributed by atoms with Crippen LogP contribution >= 0.6 is 0 Å². The van der Waals surface area contributed by atoms with Crippen molar-refractivity contribution < 1.29 is 28.5 Å². The molecule has 132 valence electrons. The lowest BCUT2D eigenvalue weighted by molar-refractivity contribution is -0.143. The van der Waals surface area contributed by atoms with Crippen LogP contribution < -0.4 is 9.47 Å². The summed E-state index contributed by atoms with van der Waals surface area (Å²) >= 11 is 0. The predicted octanol–water partition coefficient (Wildman–Crippen LogP) is 2.98. The SMILES string of the molecule is COC(=O)C/C(=C\c1ccc2c(OC)cccc2c1OC)C(=O)OC. The fourth-order valence-corrected chi connectivity index (χ4v) is 2.57. The standard InChI is InChI=1S/C19H20O6/c1-22-16-7-5-6-15-14(16)9-8-12(18(15)24-3)10-13(19(21)25-4)11-17(20)23-2/h5-10H,11H2,1-4H3/b13-10+. The highest BCUT2D eigenvalue weighted by Gasteiger charge is 2.17. The number of hydrogen-bond acceptors (Lipinski definition) is 6. The Balaban J connectivity index is 2.61. The van der Waals surface area contributed by atoms with Crippen molar-refractivity contribution in [3.8, 4) is 11.5 Å². The number of benzene rings is 2. The van der Waals surface area contributed by atoms with E-state index in [2.05, 4.69) is 4.74 Å². The van der Waals surface area contributed by atoms with Crippen LogP contribution in [0.4, 0.5) is 0 Å². The third kappa shape index (κ3) is 3.91. The highest BCUT2D eigenvalue weighted by molar-refractivity contribution is 6.01.